The number of hydrogen-bond donors (Lipinski definition) is 0. The molecule has 0 saturated heterocycles. The molecular weight excluding hydrogens is 336 g/mol. The molecule has 0 saturated carbocycles. The molecule has 0 fully saturated rings. The predicted octanol–water partition coefficient (Wildman–Crippen LogP) is 6.71. The van der Waals surface area contributed by atoms with E-state index in [-0.39, 0.29) is 0 Å². The maximum absolute atomic E-state index is 6.19. The Balaban J connectivity index is 2.16. The van der Waals surface area contributed by atoms with Gasteiger partial charge in [0.25, 0.3) is 0 Å². The topological polar surface area (TPSA) is 9.23 Å². The third kappa shape index (κ3) is 4.61. The third-order valence-corrected chi connectivity index (χ3v) is 4.72. The monoisotopic (exact) mass is 360 g/mol. The Kier molecular flexibility index (Phi) is 6.98. The van der Waals surface area contributed by atoms with Crippen molar-refractivity contribution in [2.75, 3.05) is 6.61 Å². The molecule has 0 aliphatic heterocycles. The van der Waals surface area contributed by atoms with Crippen LogP contribution in [0.5, 0.6) is 5.75 Å². The molecule has 22 heavy (non-hydrogen) atoms. The molecule has 0 N–H and O–H groups in total. The van der Waals surface area contributed by atoms with Crippen molar-refractivity contribution >= 4 is 15.9 Å². The first kappa shape index (κ1) is 17.1. The maximum Gasteiger partial charge on any atom is 0.128 e. The Hall–Kier alpha value is -1.28. The third-order valence-electron chi connectivity index (χ3n) is 4.06. The number of rotatable bonds is 8. The minimum Gasteiger partial charge on any atom is -0.493 e. The summed E-state index contributed by atoms with van der Waals surface area (Å²) in [7, 11) is 0. The molecule has 0 aliphatic rings. The van der Waals surface area contributed by atoms with Crippen molar-refractivity contribution in [1.29, 1.82) is 0 Å². The zero-order valence-electron chi connectivity index (χ0n) is 13.5. The molecule has 2 rings (SSSR count). The first-order valence-electron chi connectivity index (χ1n) is 8.23. The van der Waals surface area contributed by atoms with Gasteiger partial charge in [-0.1, -0.05) is 85.4 Å². The standard InChI is InChI=1S/C20H25BrO/c1-3-5-10-16(4-2)15-22-19-14-9-13-18(21)20(19)17-11-7-6-8-12-17/h6-9,11-14,16H,3-5,10,15H2,1-2H3. The molecule has 118 valence electrons. The Morgan fingerprint density at radius 2 is 1.77 bits per heavy atom. The van der Waals surface area contributed by atoms with Crippen LogP contribution in [-0.4, -0.2) is 6.61 Å². The molecule has 0 aromatic heterocycles. The zero-order valence-corrected chi connectivity index (χ0v) is 15.1. The van der Waals surface area contributed by atoms with E-state index in [2.05, 4.69) is 66.2 Å². The number of unbranched alkanes of at least 4 members (excludes halogenated alkanes) is 1. The van der Waals surface area contributed by atoms with E-state index in [0.717, 1.165) is 22.4 Å². The summed E-state index contributed by atoms with van der Waals surface area (Å²) in [5.74, 6) is 1.61. The summed E-state index contributed by atoms with van der Waals surface area (Å²) in [6.07, 6.45) is 4.96. The van der Waals surface area contributed by atoms with Crippen molar-refractivity contribution in [3.8, 4) is 16.9 Å². The lowest BCUT2D eigenvalue weighted by Crippen LogP contribution is -2.11. The summed E-state index contributed by atoms with van der Waals surface area (Å²) in [4.78, 5) is 0. The van der Waals surface area contributed by atoms with Crippen LogP contribution in [0.1, 0.15) is 39.5 Å². The first-order chi connectivity index (χ1) is 10.8. The quantitative estimate of drug-likeness (QED) is 0.508. The molecule has 0 aliphatic carbocycles. The van der Waals surface area contributed by atoms with Crippen LogP contribution in [0, 0.1) is 5.92 Å². The van der Waals surface area contributed by atoms with Gasteiger partial charge < -0.3 is 4.74 Å². The van der Waals surface area contributed by atoms with Crippen molar-refractivity contribution in [3.05, 3.63) is 53.0 Å². The number of hydrogen-bond acceptors (Lipinski definition) is 1. The summed E-state index contributed by atoms with van der Waals surface area (Å²) in [5.41, 5.74) is 2.33. The Morgan fingerprint density at radius 1 is 1.00 bits per heavy atom. The average molecular weight is 361 g/mol. The summed E-state index contributed by atoms with van der Waals surface area (Å²) in [6, 6.07) is 16.6. The van der Waals surface area contributed by atoms with E-state index in [0.29, 0.717) is 5.92 Å². The Morgan fingerprint density at radius 3 is 2.45 bits per heavy atom. The lowest BCUT2D eigenvalue weighted by atomic mass is 10.0. The Bertz CT molecular complexity index is 565. The van der Waals surface area contributed by atoms with Crippen molar-refractivity contribution in [2.45, 2.75) is 39.5 Å². The largest absolute Gasteiger partial charge is 0.493 e. The molecule has 1 nitrogen and oxygen atoms in total. The molecule has 2 heteroatoms. The van der Waals surface area contributed by atoms with Crippen molar-refractivity contribution in [1.82, 2.24) is 0 Å². The highest BCUT2D eigenvalue weighted by Gasteiger charge is 2.12. The van der Waals surface area contributed by atoms with E-state index in [4.69, 9.17) is 4.74 Å². The fourth-order valence-corrected chi connectivity index (χ4v) is 3.19. The normalized spacial score (nSPS) is 12.1. The molecule has 2 aromatic carbocycles. The fourth-order valence-electron chi connectivity index (χ4n) is 2.62. The molecule has 1 atom stereocenters. The van der Waals surface area contributed by atoms with Crippen LogP contribution in [0.4, 0.5) is 0 Å². The van der Waals surface area contributed by atoms with Gasteiger partial charge in [-0.3, -0.25) is 0 Å². The lowest BCUT2D eigenvalue weighted by molar-refractivity contribution is 0.234. The van der Waals surface area contributed by atoms with Crippen molar-refractivity contribution in [2.24, 2.45) is 5.92 Å². The molecular formula is C20H25BrO. The average Bonchev–Trinajstić information content (AvgIpc) is 2.56. The van der Waals surface area contributed by atoms with Gasteiger partial charge in [0.1, 0.15) is 5.75 Å². The van der Waals surface area contributed by atoms with E-state index >= 15 is 0 Å². The predicted molar refractivity (Wildman–Crippen MR) is 98.4 cm³/mol. The minimum absolute atomic E-state index is 0.641. The van der Waals surface area contributed by atoms with E-state index in [1.807, 2.05) is 12.1 Å². The van der Waals surface area contributed by atoms with Crippen LogP contribution in [0.15, 0.2) is 53.0 Å². The highest BCUT2D eigenvalue weighted by molar-refractivity contribution is 9.10. The van der Waals surface area contributed by atoms with Crippen LogP contribution >= 0.6 is 15.9 Å². The lowest BCUT2D eigenvalue weighted by Gasteiger charge is -2.18. The van der Waals surface area contributed by atoms with Gasteiger partial charge in [0.05, 0.1) is 6.61 Å². The van der Waals surface area contributed by atoms with Crippen LogP contribution < -0.4 is 4.74 Å². The van der Waals surface area contributed by atoms with E-state index in [9.17, 15) is 0 Å². The van der Waals surface area contributed by atoms with Gasteiger partial charge in [-0.05, 0) is 30.0 Å². The van der Waals surface area contributed by atoms with Gasteiger partial charge in [0.2, 0.25) is 0 Å². The molecule has 2 aromatic rings. The maximum atomic E-state index is 6.19. The smallest absolute Gasteiger partial charge is 0.128 e. The second-order valence-corrected chi connectivity index (χ2v) is 6.56. The van der Waals surface area contributed by atoms with Crippen molar-refractivity contribution in [3.63, 3.8) is 0 Å². The molecule has 1 unspecified atom stereocenters. The second-order valence-electron chi connectivity index (χ2n) is 5.71. The molecule has 0 amide bonds. The SMILES string of the molecule is CCCCC(CC)COc1cccc(Br)c1-c1ccccc1. The summed E-state index contributed by atoms with van der Waals surface area (Å²) >= 11 is 3.67. The van der Waals surface area contributed by atoms with Crippen LogP contribution in [0.3, 0.4) is 0 Å². The summed E-state index contributed by atoms with van der Waals surface area (Å²) in [6.45, 7) is 5.30. The van der Waals surface area contributed by atoms with Gasteiger partial charge in [-0.25, -0.2) is 0 Å². The highest BCUT2D eigenvalue weighted by Crippen LogP contribution is 2.36. The summed E-state index contributed by atoms with van der Waals surface area (Å²) in [5, 5.41) is 0. The fraction of sp³-hybridized carbons (Fsp3) is 0.400. The van der Waals surface area contributed by atoms with E-state index in [1.54, 1.807) is 0 Å². The zero-order chi connectivity index (χ0) is 15.8. The van der Waals surface area contributed by atoms with E-state index < -0.39 is 0 Å². The van der Waals surface area contributed by atoms with Crippen LogP contribution in [0.25, 0.3) is 11.1 Å². The molecule has 0 bridgehead atoms. The molecule has 0 heterocycles. The van der Waals surface area contributed by atoms with Crippen LogP contribution in [0.2, 0.25) is 0 Å². The van der Waals surface area contributed by atoms with Crippen LogP contribution in [-0.2, 0) is 0 Å². The van der Waals surface area contributed by atoms with Gasteiger partial charge in [0, 0.05) is 10.0 Å². The van der Waals surface area contributed by atoms with Gasteiger partial charge in [0.15, 0.2) is 0 Å². The Labute approximate surface area is 142 Å². The minimum atomic E-state index is 0.641. The highest BCUT2D eigenvalue weighted by atomic mass is 79.9. The molecule has 0 radical (unpaired) electrons. The first-order valence-corrected chi connectivity index (χ1v) is 9.02. The van der Waals surface area contributed by atoms with Gasteiger partial charge in [-0.2, -0.15) is 0 Å². The molecule has 0 spiro atoms. The second kappa shape index (κ2) is 8.99. The number of benzene rings is 2. The summed E-state index contributed by atoms with van der Waals surface area (Å²) < 4.78 is 7.27. The number of ether oxygens (including phenoxy) is 1. The van der Waals surface area contributed by atoms with E-state index in [1.165, 1.54) is 31.2 Å². The van der Waals surface area contributed by atoms with Crippen molar-refractivity contribution < 1.29 is 4.74 Å². The number of halogens is 1. The van der Waals surface area contributed by atoms with Gasteiger partial charge >= 0.3 is 0 Å². The van der Waals surface area contributed by atoms with Gasteiger partial charge in [-0.15, -0.1) is 0 Å².